The van der Waals surface area contributed by atoms with Crippen LogP contribution in [0.25, 0.3) is 0 Å². The summed E-state index contributed by atoms with van der Waals surface area (Å²) in [5, 5.41) is 0. The summed E-state index contributed by atoms with van der Waals surface area (Å²) in [7, 11) is 4.43. The zero-order chi connectivity index (χ0) is 37.0. The summed E-state index contributed by atoms with van der Waals surface area (Å²) in [4.78, 5) is 18.0. The van der Waals surface area contributed by atoms with Crippen LogP contribution in [-0.4, -0.2) is 93.5 Å². The Morgan fingerprint density at radius 1 is 0.660 bits per heavy atom. The van der Waals surface area contributed by atoms with Gasteiger partial charge in [-0.3, -0.25) is 0 Å². The van der Waals surface area contributed by atoms with Gasteiger partial charge in [-0.2, -0.15) is 13.2 Å². The van der Waals surface area contributed by atoms with E-state index in [1.807, 2.05) is 47.8 Å². The highest BCUT2D eigenvalue weighted by molar-refractivity contribution is 8.00. The fourth-order valence-corrected chi connectivity index (χ4v) is 10.3. The summed E-state index contributed by atoms with van der Waals surface area (Å²) in [6.07, 6.45) is 4.06. The minimum absolute atomic E-state index is 0.588. The molecular formula is C42H50F3N5S3. The largest absolute Gasteiger partial charge is 0.416 e. The molecule has 0 bridgehead atoms. The van der Waals surface area contributed by atoms with Crippen LogP contribution >= 0.6 is 35.3 Å². The molecule has 0 radical (unpaired) electrons. The maximum atomic E-state index is 13.3. The number of para-hydroxylation sites is 2. The quantitative estimate of drug-likeness (QED) is 0.162. The number of nitrogens with zero attached hydrogens (tertiary/aromatic N) is 5. The Kier molecular flexibility index (Phi) is 12.6. The predicted molar refractivity (Wildman–Crippen MR) is 218 cm³/mol. The van der Waals surface area contributed by atoms with Crippen LogP contribution in [0.1, 0.15) is 37.7 Å². The van der Waals surface area contributed by atoms with Gasteiger partial charge in [-0.25, -0.2) is 0 Å². The lowest BCUT2D eigenvalue weighted by Crippen LogP contribution is -2.45. The van der Waals surface area contributed by atoms with Crippen LogP contribution < -0.4 is 9.80 Å². The molecule has 0 saturated carbocycles. The number of anilines is 4. The summed E-state index contributed by atoms with van der Waals surface area (Å²) in [6.45, 7) is 8.27. The van der Waals surface area contributed by atoms with Crippen molar-refractivity contribution in [3.8, 4) is 0 Å². The summed E-state index contributed by atoms with van der Waals surface area (Å²) in [6, 6.07) is 28.5. The standard InChI is InChI=1S/C21H24F3N3S.C21H26N2S2/c1-25-11-13-26(14-12-25)9-4-10-27-17-5-2-3-6-19(17)28-20-8-7-16(15-18(20)27)21(22,23)24;1-22-13-6-5-7-16(22)12-14-23-18-8-3-4-9-20(18)25-21-11-10-17(24-2)15-19(21)23/h2-3,5-8,15H,4,9-14H2,1H3;3-4,8-11,15-16H,5-7,12-14H2,1-2H3. The average molecular weight is 778 g/mol. The lowest BCUT2D eigenvalue weighted by Gasteiger charge is -2.37. The van der Waals surface area contributed by atoms with Gasteiger partial charge < -0.3 is 24.5 Å². The van der Waals surface area contributed by atoms with Crippen molar-refractivity contribution in [2.45, 2.75) is 68.8 Å². The van der Waals surface area contributed by atoms with Crippen molar-refractivity contribution < 1.29 is 13.2 Å². The SMILES string of the molecule is CN1CCN(CCCN2c3ccccc3Sc3ccc(C(F)(F)F)cc32)CC1.CSc1ccc2c(c1)N(CCC1CCCCN1C)c1ccccc1S2. The fraction of sp³-hybridized carbons (Fsp3) is 0.429. The maximum Gasteiger partial charge on any atom is 0.416 e. The van der Waals surface area contributed by atoms with Crippen LogP contribution in [0.15, 0.2) is 109 Å². The zero-order valence-electron chi connectivity index (χ0n) is 30.9. The first-order valence-corrected chi connectivity index (χ1v) is 21.6. The molecule has 0 N–H and O–H groups in total. The number of alkyl halides is 3. The van der Waals surface area contributed by atoms with Gasteiger partial charge in [0.15, 0.2) is 0 Å². The smallest absolute Gasteiger partial charge is 0.340 e. The van der Waals surface area contributed by atoms with Gasteiger partial charge >= 0.3 is 6.18 Å². The molecule has 0 spiro atoms. The van der Waals surface area contributed by atoms with Crippen molar-refractivity contribution >= 4 is 58.0 Å². The van der Waals surface area contributed by atoms with Gasteiger partial charge in [0.1, 0.15) is 0 Å². The second-order valence-electron chi connectivity index (χ2n) is 14.4. The Morgan fingerprint density at radius 3 is 1.91 bits per heavy atom. The molecule has 4 heterocycles. The monoisotopic (exact) mass is 777 g/mol. The Bertz CT molecular complexity index is 1850. The van der Waals surface area contributed by atoms with Crippen LogP contribution in [-0.2, 0) is 6.18 Å². The Morgan fingerprint density at radius 2 is 1.26 bits per heavy atom. The van der Waals surface area contributed by atoms with Gasteiger partial charge in [0, 0.05) is 69.8 Å². The van der Waals surface area contributed by atoms with Crippen molar-refractivity contribution in [3.05, 3.63) is 90.5 Å². The average Bonchev–Trinajstić information content (AvgIpc) is 3.17. The van der Waals surface area contributed by atoms with E-state index in [1.165, 1.54) is 70.4 Å². The van der Waals surface area contributed by atoms with E-state index in [-0.39, 0.29) is 0 Å². The summed E-state index contributed by atoms with van der Waals surface area (Å²) in [5.41, 5.74) is 3.83. The van der Waals surface area contributed by atoms with Gasteiger partial charge in [-0.1, -0.05) is 54.2 Å². The minimum Gasteiger partial charge on any atom is -0.340 e. The highest BCUT2D eigenvalue weighted by Gasteiger charge is 2.33. The van der Waals surface area contributed by atoms with Crippen molar-refractivity contribution in [2.75, 3.05) is 82.5 Å². The number of piperazine rings is 1. The molecular weight excluding hydrogens is 728 g/mol. The second-order valence-corrected chi connectivity index (χ2v) is 17.4. The number of piperidine rings is 1. The summed E-state index contributed by atoms with van der Waals surface area (Å²) in [5.74, 6) is 0. The third-order valence-corrected chi connectivity index (χ3v) is 13.8. The van der Waals surface area contributed by atoms with Gasteiger partial charge in [-0.05, 0) is 120 Å². The number of thioether (sulfide) groups is 1. The first kappa shape index (κ1) is 38.5. The van der Waals surface area contributed by atoms with E-state index in [9.17, 15) is 13.2 Å². The fourth-order valence-electron chi connectivity index (χ4n) is 7.73. The number of likely N-dealkylation sites (tertiary alicyclic amines) is 1. The third kappa shape index (κ3) is 9.19. The Hall–Kier alpha value is -2.80. The van der Waals surface area contributed by atoms with Crippen LogP contribution in [0.3, 0.4) is 0 Å². The number of halogens is 3. The highest BCUT2D eigenvalue weighted by atomic mass is 32.2. The molecule has 0 amide bonds. The molecule has 0 aliphatic carbocycles. The topological polar surface area (TPSA) is 16.2 Å². The molecule has 2 saturated heterocycles. The van der Waals surface area contributed by atoms with Crippen molar-refractivity contribution in [1.82, 2.24) is 14.7 Å². The van der Waals surface area contributed by atoms with Crippen LogP contribution in [0.5, 0.6) is 0 Å². The number of fused-ring (bicyclic) bond motifs is 4. The van der Waals surface area contributed by atoms with Crippen molar-refractivity contribution in [3.63, 3.8) is 0 Å². The van der Waals surface area contributed by atoms with Crippen LogP contribution in [0.4, 0.5) is 35.9 Å². The van der Waals surface area contributed by atoms with E-state index < -0.39 is 11.7 Å². The van der Waals surface area contributed by atoms with E-state index in [0.717, 1.165) is 67.2 Å². The van der Waals surface area contributed by atoms with Crippen LogP contribution in [0.2, 0.25) is 0 Å². The van der Waals surface area contributed by atoms with Gasteiger partial charge in [0.05, 0.1) is 28.3 Å². The molecule has 2 fully saturated rings. The molecule has 282 valence electrons. The normalized spacial score (nSPS) is 19.1. The highest BCUT2D eigenvalue weighted by Crippen LogP contribution is 2.50. The molecule has 1 unspecified atom stereocenters. The zero-order valence-corrected chi connectivity index (χ0v) is 33.4. The maximum absolute atomic E-state index is 13.3. The van der Waals surface area contributed by atoms with Crippen LogP contribution in [0, 0.1) is 0 Å². The molecule has 0 aromatic heterocycles. The van der Waals surface area contributed by atoms with E-state index >= 15 is 0 Å². The van der Waals surface area contributed by atoms with E-state index in [2.05, 4.69) is 87.3 Å². The molecule has 1 atom stereocenters. The molecule has 4 aromatic rings. The second kappa shape index (κ2) is 17.3. The summed E-state index contributed by atoms with van der Waals surface area (Å²) >= 11 is 5.28. The van der Waals surface area contributed by atoms with E-state index in [4.69, 9.17) is 0 Å². The number of hydrogen-bond donors (Lipinski definition) is 0. The molecule has 53 heavy (non-hydrogen) atoms. The van der Waals surface area contributed by atoms with Crippen molar-refractivity contribution in [2.24, 2.45) is 0 Å². The van der Waals surface area contributed by atoms with Gasteiger partial charge in [0.25, 0.3) is 0 Å². The molecule has 8 rings (SSSR count). The predicted octanol–water partition coefficient (Wildman–Crippen LogP) is 10.8. The number of hydrogen-bond acceptors (Lipinski definition) is 8. The van der Waals surface area contributed by atoms with Gasteiger partial charge in [-0.15, -0.1) is 11.8 Å². The first-order valence-electron chi connectivity index (χ1n) is 18.8. The molecule has 4 aromatic carbocycles. The Labute approximate surface area is 326 Å². The molecule has 5 nitrogen and oxygen atoms in total. The van der Waals surface area contributed by atoms with Crippen molar-refractivity contribution in [1.29, 1.82) is 0 Å². The van der Waals surface area contributed by atoms with Gasteiger partial charge in [0.2, 0.25) is 0 Å². The number of benzene rings is 4. The molecule has 4 aliphatic heterocycles. The number of rotatable bonds is 8. The van der Waals surface area contributed by atoms with E-state index in [0.29, 0.717) is 12.2 Å². The summed E-state index contributed by atoms with van der Waals surface area (Å²) < 4.78 is 39.8. The molecule has 4 aliphatic rings. The first-order chi connectivity index (χ1) is 25.7. The van der Waals surface area contributed by atoms with E-state index in [1.54, 1.807) is 17.8 Å². The minimum atomic E-state index is -4.33. The number of likely N-dealkylation sites (N-methyl/N-ethyl adjacent to an activating group) is 1. The lowest BCUT2D eigenvalue weighted by atomic mass is 9.99. The molecule has 11 heteroatoms. The third-order valence-electron chi connectivity index (χ3n) is 10.8. The Balaban J connectivity index is 0.000000165. The lowest BCUT2D eigenvalue weighted by molar-refractivity contribution is -0.137.